The first kappa shape index (κ1) is 20.8. The number of ether oxygens (including phenoxy) is 1. The third kappa shape index (κ3) is 4.93. The van der Waals surface area contributed by atoms with E-state index in [1.165, 1.54) is 29.6 Å². The molecule has 6 nitrogen and oxygen atoms in total. The number of anilines is 2. The van der Waals surface area contributed by atoms with Crippen LogP contribution in [0.25, 0.3) is 0 Å². The molecule has 0 bridgehead atoms. The lowest BCUT2D eigenvalue weighted by atomic mass is 10.2. The first-order chi connectivity index (χ1) is 13.8. The number of halogens is 1. The summed E-state index contributed by atoms with van der Waals surface area (Å²) >= 11 is 1.15. The van der Waals surface area contributed by atoms with Gasteiger partial charge in [0.05, 0.1) is 5.69 Å². The molecule has 0 saturated heterocycles. The Kier molecular flexibility index (Phi) is 6.19. The van der Waals surface area contributed by atoms with E-state index in [9.17, 15) is 17.6 Å². The quantitative estimate of drug-likeness (QED) is 0.607. The first-order valence-corrected chi connectivity index (χ1v) is 10.9. The van der Waals surface area contributed by atoms with Crippen molar-refractivity contribution in [3.05, 3.63) is 71.9 Å². The minimum Gasteiger partial charge on any atom is -0.481 e. The third-order valence-corrected chi connectivity index (χ3v) is 7.24. The van der Waals surface area contributed by atoms with Crippen LogP contribution < -0.4 is 14.4 Å². The van der Waals surface area contributed by atoms with Crippen LogP contribution >= 0.6 is 11.3 Å². The number of rotatable bonds is 7. The molecule has 0 saturated carbocycles. The van der Waals surface area contributed by atoms with Crippen molar-refractivity contribution in [2.24, 2.45) is 0 Å². The third-order valence-electron chi connectivity index (χ3n) is 4.08. The van der Waals surface area contributed by atoms with Crippen molar-refractivity contribution >= 4 is 38.6 Å². The number of amides is 1. The van der Waals surface area contributed by atoms with Crippen LogP contribution in [0.5, 0.6) is 5.75 Å². The van der Waals surface area contributed by atoms with E-state index >= 15 is 0 Å². The highest BCUT2D eigenvalue weighted by molar-refractivity contribution is 7.94. The lowest BCUT2D eigenvalue weighted by molar-refractivity contribution is -0.122. The minimum atomic E-state index is -3.62. The summed E-state index contributed by atoms with van der Waals surface area (Å²) in [5.41, 5.74) is 0.795. The lowest BCUT2D eigenvalue weighted by Gasteiger charge is -2.19. The van der Waals surface area contributed by atoms with Gasteiger partial charge in [0.2, 0.25) is 0 Å². The molecule has 9 heteroatoms. The van der Waals surface area contributed by atoms with Crippen LogP contribution in [-0.4, -0.2) is 27.5 Å². The fraction of sp³-hybridized carbons (Fsp3) is 0.150. The van der Waals surface area contributed by atoms with Crippen LogP contribution in [0.4, 0.5) is 15.8 Å². The molecule has 1 amide bonds. The summed E-state index contributed by atoms with van der Waals surface area (Å²) in [6.45, 7) is 1.57. The predicted molar refractivity (Wildman–Crippen MR) is 111 cm³/mol. The second-order valence-corrected chi connectivity index (χ2v) is 9.30. The standard InChI is InChI=1S/C20H19FN2O4S2/c1-14(20(24)22-16-6-3-5-15(21)13-16)27-18-10-8-17(9-11-18)23(2)29(25,26)19-7-4-12-28-19/h3-14H,1-2H3,(H,22,24)/t14-/m0/s1. The van der Waals surface area contributed by atoms with Crippen molar-refractivity contribution in [2.45, 2.75) is 17.2 Å². The van der Waals surface area contributed by atoms with E-state index in [-0.39, 0.29) is 4.21 Å². The molecule has 0 aliphatic rings. The Labute approximate surface area is 172 Å². The Bertz CT molecular complexity index is 1080. The number of carbonyl (C=O) groups is 1. The van der Waals surface area contributed by atoms with Gasteiger partial charge >= 0.3 is 0 Å². The van der Waals surface area contributed by atoms with E-state index in [1.807, 2.05) is 0 Å². The fourth-order valence-electron chi connectivity index (χ4n) is 2.49. The number of carbonyl (C=O) groups excluding carboxylic acids is 1. The SMILES string of the molecule is C[C@H](Oc1ccc(N(C)S(=O)(=O)c2cccs2)cc1)C(=O)Nc1cccc(F)c1. The van der Waals surface area contributed by atoms with E-state index in [1.54, 1.807) is 54.8 Å². The Hall–Kier alpha value is -2.91. The van der Waals surface area contributed by atoms with Crippen molar-refractivity contribution < 1.29 is 22.3 Å². The number of nitrogens with zero attached hydrogens (tertiary/aromatic N) is 1. The highest BCUT2D eigenvalue weighted by Crippen LogP contribution is 2.27. The summed E-state index contributed by atoms with van der Waals surface area (Å²) < 4.78 is 45.4. The van der Waals surface area contributed by atoms with Gasteiger partial charge in [-0.2, -0.15) is 0 Å². The number of sulfonamides is 1. The average molecular weight is 435 g/mol. The van der Waals surface area contributed by atoms with Gasteiger partial charge in [0.1, 0.15) is 15.8 Å². The largest absolute Gasteiger partial charge is 0.481 e. The molecule has 1 aromatic heterocycles. The van der Waals surface area contributed by atoms with Crippen LogP contribution in [0.15, 0.2) is 70.3 Å². The highest BCUT2D eigenvalue weighted by atomic mass is 32.2. The maximum Gasteiger partial charge on any atom is 0.273 e. The van der Waals surface area contributed by atoms with E-state index in [0.29, 0.717) is 17.1 Å². The Morgan fingerprint density at radius 1 is 1.14 bits per heavy atom. The van der Waals surface area contributed by atoms with Gasteiger partial charge in [0.15, 0.2) is 6.10 Å². The number of hydrogen-bond donors (Lipinski definition) is 1. The van der Waals surface area contributed by atoms with Crippen molar-refractivity contribution in [1.82, 2.24) is 0 Å². The Morgan fingerprint density at radius 3 is 2.48 bits per heavy atom. The maximum absolute atomic E-state index is 13.2. The summed E-state index contributed by atoms with van der Waals surface area (Å²) in [5, 5.41) is 4.28. The Morgan fingerprint density at radius 2 is 1.86 bits per heavy atom. The number of thiophene rings is 1. The molecule has 1 atom stereocenters. The smallest absolute Gasteiger partial charge is 0.273 e. The minimum absolute atomic E-state index is 0.253. The van der Waals surface area contributed by atoms with Gasteiger partial charge in [-0.3, -0.25) is 9.10 Å². The van der Waals surface area contributed by atoms with Crippen molar-refractivity contribution in [2.75, 3.05) is 16.7 Å². The van der Waals surface area contributed by atoms with Crippen LogP contribution in [0, 0.1) is 5.82 Å². The number of benzene rings is 2. The van der Waals surface area contributed by atoms with Gasteiger partial charge in [-0.25, -0.2) is 12.8 Å². The van der Waals surface area contributed by atoms with Gasteiger partial charge in [-0.05, 0) is 60.8 Å². The molecule has 0 aliphatic carbocycles. The van der Waals surface area contributed by atoms with E-state index in [4.69, 9.17) is 4.74 Å². The molecule has 0 fully saturated rings. The van der Waals surface area contributed by atoms with Crippen molar-refractivity contribution in [3.63, 3.8) is 0 Å². The molecule has 152 valence electrons. The molecular formula is C20H19FN2O4S2. The van der Waals surface area contributed by atoms with Gasteiger partial charge < -0.3 is 10.1 Å². The van der Waals surface area contributed by atoms with Gasteiger partial charge in [0, 0.05) is 12.7 Å². The zero-order valence-electron chi connectivity index (χ0n) is 15.7. The normalized spacial score (nSPS) is 12.2. The average Bonchev–Trinajstić information content (AvgIpc) is 3.23. The fourth-order valence-corrected chi connectivity index (χ4v) is 4.84. The lowest BCUT2D eigenvalue weighted by Crippen LogP contribution is -2.30. The van der Waals surface area contributed by atoms with E-state index < -0.39 is 27.9 Å². The molecule has 1 heterocycles. The van der Waals surface area contributed by atoms with E-state index in [2.05, 4.69) is 5.32 Å². The highest BCUT2D eigenvalue weighted by Gasteiger charge is 2.22. The molecular weight excluding hydrogens is 415 g/mol. The van der Waals surface area contributed by atoms with Gasteiger partial charge in [-0.1, -0.05) is 12.1 Å². The molecule has 1 N–H and O–H groups in total. The Balaban J connectivity index is 1.65. The monoisotopic (exact) mass is 434 g/mol. The number of hydrogen-bond acceptors (Lipinski definition) is 5. The summed E-state index contributed by atoms with van der Waals surface area (Å²) in [4.78, 5) is 12.2. The van der Waals surface area contributed by atoms with Crippen molar-refractivity contribution in [3.8, 4) is 5.75 Å². The van der Waals surface area contributed by atoms with Gasteiger partial charge in [0.25, 0.3) is 15.9 Å². The van der Waals surface area contributed by atoms with Crippen LogP contribution in [0.2, 0.25) is 0 Å². The number of nitrogens with one attached hydrogen (secondary N) is 1. The van der Waals surface area contributed by atoms with Gasteiger partial charge in [-0.15, -0.1) is 11.3 Å². The topological polar surface area (TPSA) is 75.7 Å². The molecule has 0 radical (unpaired) electrons. The summed E-state index contributed by atoms with van der Waals surface area (Å²) in [6, 6.07) is 15.2. The summed E-state index contributed by atoms with van der Waals surface area (Å²) in [7, 11) is -2.15. The van der Waals surface area contributed by atoms with Crippen LogP contribution in [0.1, 0.15) is 6.92 Å². The zero-order chi connectivity index (χ0) is 21.0. The molecule has 3 aromatic rings. The summed E-state index contributed by atoms with van der Waals surface area (Å²) in [5.74, 6) is -0.483. The van der Waals surface area contributed by atoms with Crippen LogP contribution in [-0.2, 0) is 14.8 Å². The second-order valence-electron chi connectivity index (χ2n) is 6.16. The molecule has 29 heavy (non-hydrogen) atoms. The summed E-state index contributed by atoms with van der Waals surface area (Å²) in [6.07, 6.45) is -0.836. The molecule has 0 spiro atoms. The maximum atomic E-state index is 13.2. The van der Waals surface area contributed by atoms with E-state index in [0.717, 1.165) is 11.3 Å². The van der Waals surface area contributed by atoms with Crippen molar-refractivity contribution in [1.29, 1.82) is 0 Å². The first-order valence-electron chi connectivity index (χ1n) is 8.63. The molecule has 0 unspecified atom stereocenters. The van der Waals surface area contributed by atoms with Crippen LogP contribution in [0.3, 0.4) is 0 Å². The molecule has 0 aliphatic heterocycles. The molecule has 3 rings (SSSR count). The predicted octanol–water partition coefficient (Wildman–Crippen LogP) is 4.12. The second kappa shape index (κ2) is 8.62. The molecule has 2 aromatic carbocycles. The zero-order valence-corrected chi connectivity index (χ0v) is 17.3.